The molecule has 0 radical (unpaired) electrons. The van der Waals surface area contributed by atoms with Crippen LogP contribution in [-0.2, 0) is 23.9 Å². The lowest BCUT2D eigenvalue weighted by Crippen LogP contribution is -2.35. The van der Waals surface area contributed by atoms with Crippen LogP contribution in [0.1, 0.15) is 36.8 Å². The molecule has 3 aliphatic rings. The maximum atomic E-state index is 12.6. The van der Waals surface area contributed by atoms with E-state index in [0.717, 1.165) is 30.4 Å². The van der Waals surface area contributed by atoms with Crippen LogP contribution in [-0.4, -0.2) is 41.7 Å². The van der Waals surface area contributed by atoms with Gasteiger partial charge < -0.3 is 10.1 Å². The third-order valence-electron chi connectivity index (χ3n) is 6.67. The summed E-state index contributed by atoms with van der Waals surface area (Å²) in [6.45, 7) is 3.41. The van der Waals surface area contributed by atoms with Crippen molar-refractivity contribution in [1.29, 1.82) is 0 Å². The lowest BCUT2D eigenvalue weighted by molar-refractivity contribution is -0.149. The maximum absolute atomic E-state index is 12.6. The van der Waals surface area contributed by atoms with Crippen molar-refractivity contribution in [3.05, 3.63) is 29.3 Å². The first-order chi connectivity index (χ1) is 13.9. The number of aryl methyl sites for hydroxylation is 2. The van der Waals surface area contributed by atoms with Crippen molar-refractivity contribution in [2.45, 2.75) is 39.5 Å². The minimum Gasteiger partial charge on any atom is -0.456 e. The summed E-state index contributed by atoms with van der Waals surface area (Å²) in [6, 6.07) is 5.68. The lowest BCUT2D eigenvalue weighted by Gasteiger charge is -2.19. The second-order valence-electron chi connectivity index (χ2n) is 8.44. The van der Waals surface area contributed by atoms with Gasteiger partial charge in [-0.25, -0.2) is 0 Å². The summed E-state index contributed by atoms with van der Waals surface area (Å²) in [7, 11) is 0. The van der Waals surface area contributed by atoms with E-state index < -0.39 is 18.5 Å². The SMILES string of the molecule is Cc1cccc(C)c1NC(=O)COC(=O)CCN1C(=O)[C@@H]2[C@@H]3CC[C@@H](C3)[C@@H]2C1=O. The fourth-order valence-electron chi connectivity index (χ4n) is 5.30. The highest BCUT2D eigenvalue weighted by Gasteiger charge is 2.60. The summed E-state index contributed by atoms with van der Waals surface area (Å²) in [6.07, 6.45) is 2.94. The van der Waals surface area contributed by atoms with E-state index in [1.54, 1.807) is 0 Å². The Morgan fingerprint density at radius 3 is 2.24 bits per heavy atom. The molecule has 1 aromatic carbocycles. The van der Waals surface area contributed by atoms with Crippen molar-refractivity contribution < 1.29 is 23.9 Å². The summed E-state index contributed by atoms with van der Waals surface area (Å²) in [4.78, 5) is 50.6. The zero-order valence-electron chi connectivity index (χ0n) is 16.8. The molecule has 0 aromatic heterocycles. The Morgan fingerprint density at radius 2 is 1.66 bits per heavy atom. The molecule has 2 saturated carbocycles. The number of anilines is 1. The van der Waals surface area contributed by atoms with Crippen LogP contribution < -0.4 is 5.32 Å². The maximum Gasteiger partial charge on any atom is 0.308 e. The van der Waals surface area contributed by atoms with E-state index in [4.69, 9.17) is 4.74 Å². The Labute approximate surface area is 169 Å². The van der Waals surface area contributed by atoms with Crippen LogP contribution in [0.2, 0.25) is 0 Å². The van der Waals surface area contributed by atoms with Crippen LogP contribution in [0.25, 0.3) is 0 Å². The summed E-state index contributed by atoms with van der Waals surface area (Å²) in [5.74, 6) is -0.988. The number of fused-ring (bicyclic) bond motifs is 5. The molecule has 1 saturated heterocycles. The molecule has 154 valence electrons. The van der Waals surface area contributed by atoms with E-state index in [0.29, 0.717) is 17.5 Å². The number of hydrogen-bond donors (Lipinski definition) is 1. The third kappa shape index (κ3) is 3.54. The molecule has 4 rings (SSSR count). The van der Waals surface area contributed by atoms with Gasteiger partial charge in [-0.3, -0.25) is 24.1 Å². The minimum absolute atomic E-state index is 0.0292. The van der Waals surface area contributed by atoms with Gasteiger partial charge in [0, 0.05) is 12.2 Å². The zero-order valence-corrected chi connectivity index (χ0v) is 16.8. The van der Waals surface area contributed by atoms with Crippen molar-refractivity contribution in [2.24, 2.45) is 23.7 Å². The van der Waals surface area contributed by atoms with Crippen LogP contribution >= 0.6 is 0 Å². The highest BCUT2D eigenvalue weighted by atomic mass is 16.5. The number of amides is 3. The molecule has 7 heteroatoms. The lowest BCUT2D eigenvalue weighted by atomic mass is 9.81. The molecule has 0 unspecified atom stereocenters. The number of para-hydroxylation sites is 1. The molecule has 4 atom stereocenters. The Balaban J connectivity index is 1.25. The molecule has 7 nitrogen and oxygen atoms in total. The van der Waals surface area contributed by atoms with Crippen molar-refractivity contribution in [3.8, 4) is 0 Å². The molecular formula is C22H26N2O5. The number of hydrogen-bond acceptors (Lipinski definition) is 5. The number of ether oxygens (including phenoxy) is 1. The highest BCUT2D eigenvalue weighted by Crippen LogP contribution is 2.56. The van der Waals surface area contributed by atoms with Crippen LogP contribution in [0.15, 0.2) is 18.2 Å². The molecule has 2 aliphatic carbocycles. The van der Waals surface area contributed by atoms with Crippen molar-refractivity contribution in [1.82, 2.24) is 4.90 Å². The second kappa shape index (κ2) is 7.61. The summed E-state index contributed by atoms with van der Waals surface area (Å²) >= 11 is 0. The number of rotatable bonds is 6. The molecule has 0 spiro atoms. The van der Waals surface area contributed by atoms with Gasteiger partial charge in [-0.15, -0.1) is 0 Å². The number of carbonyl (C=O) groups is 4. The van der Waals surface area contributed by atoms with E-state index in [-0.39, 0.29) is 36.6 Å². The number of imide groups is 1. The minimum atomic E-state index is -0.595. The van der Waals surface area contributed by atoms with E-state index in [2.05, 4.69) is 5.32 Å². The highest BCUT2D eigenvalue weighted by molar-refractivity contribution is 6.06. The third-order valence-corrected chi connectivity index (χ3v) is 6.67. The van der Waals surface area contributed by atoms with Crippen LogP contribution in [0, 0.1) is 37.5 Å². The van der Waals surface area contributed by atoms with Crippen molar-refractivity contribution >= 4 is 29.4 Å². The first-order valence-electron chi connectivity index (χ1n) is 10.2. The van der Waals surface area contributed by atoms with Crippen LogP contribution in [0.5, 0.6) is 0 Å². The molecule has 1 aliphatic heterocycles. The predicted octanol–water partition coefficient (Wildman–Crippen LogP) is 2.21. The quantitative estimate of drug-likeness (QED) is 0.586. The Kier molecular flexibility index (Phi) is 5.15. The van der Waals surface area contributed by atoms with Gasteiger partial charge in [-0.1, -0.05) is 18.2 Å². The molecule has 3 fully saturated rings. The average molecular weight is 398 g/mol. The van der Waals surface area contributed by atoms with Gasteiger partial charge in [0.25, 0.3) is 5.91 Å². The number of nitrogens with one attached hydrogen (secondary N) is 1. The van der Waals surface area contributed by atoms with Gasteiger partial charge in [0.15, 0.2) is 6.61 Å². The molecule has 1 N–H and O–H groups in total. The largest absolute Gasteiger partial charge is 0.456 e. The fraction of sp³-hybridized carbons (Fsp3) is 0.545. The van der Waals surface area contributed by atoms with Crippen LogP contribution in [0.4, 0.5) is 5.69 Å². The van der Waals surface area contributed by atoms with Gasteiger partial charge in [0.1, 0.15) is 0 Å². The van der Waals surface area contributed by atoms with E-state index in [9.17, 15) is 19.2 Å². The fourth-order valence-corrected chi connectivity index (χ4v) is 5.30. The number of benzene rings is 1. The number of carbonyl (C=O) groups excluding carboxylic acids is 4. The average Bonchev–Trinajstić information content (AvgIpc) is 3.36. The predicted molar refractivity (Wildman–Crippen MR) is 105 cm³/mol. The van der Waals surface area contributed by atoms with E-state index >= 15 is 0 Å². The number of esters is 1. The summed E-state index contributed by atoms with van der Waals surface area (Å²) in [5.41, 5.74) is 2.56. The molecular weight excluding hydrogens is 372 g/mol. The summed E-state index contributed by atoms with van der Waals surface area (Å²) in [5, 5.41) is 2.75. The zero-order chi connectivity index (χ0) is 20.7. The molecule has 1 aromatic rings. The van der Waals surface area contributed by atoms with Crippen LogP contribution in [0.3, 0.4) is 0 Å². The monoisotopic (exact) mass is 398 g/mol. The first kappa shape index (κ1) is 19.6. The topological polar surface area (TPSA) is 92.8 Å². The normalized spacial score (nSPS) is 27.3. The molecule has 3 amide bonds. The first-order valence-corrected chi connectivity index (χ1v) is 10.2. The Hall–Kier alpha value is -2.70. The summed E-state index contributed by atoms with van der Waals surface area (Å²) < 4.78 is 5.03. The van der Waals surface area contributed by atoms with E-state index in [1.165, 1.54) is 4.90 Å². The van der Waals surface area contributed by atoms with Crippen molar-refractivity contribution in [2.75, 3.05) is 18.5 Å². The smallest absolute Gasteiger partial charge is 0.308 e. The number of likely N-dealkylation sites (tertiary alicyclic amines) is 1. The van der Waals surface area contributed by atoms with Gasteiger partial charge >= 0.3 is 5.97 Å². The standard InChI is InChI=1S/C22H26N2O5/c1-12-4-3-5-13(2)20(12)23-16(25)11-29-17(26)8-9-24-21(27)18-14-6-7-15(10-14)19(18)22(24)28/h3-5,14-15,18-19H,6-11H2,1-2H3,(H,23,25)/t14-,15+,18-,19+. The second-order valence-corrected chi connectivity index (χ2v) is 8.44. The molecule has 2 bridgehead atoms. The molecule has 1 heterocycles. The van der Waals surface area contributed by atoms with Gasteiger partial charge in [0.05, 0.1) is 18.3 Å². The van der Waals surface area contributed by atoms with Gasteiger partial charge in [0.2, 0.25) is 11.8 Å². The number of nitrogens with zero attached hydrogens (tertiary/aromatic N) is 1. The van der Waals surface area contributed by atoms with E-state index in [1.807, 2.05) is 32.0 Å². The van der Waals surface area contributed by atoms with Gasteiger partial charge in [-0.05, 0) is 56.1 Å². The Morgan fingerprint density at radius 1 is 1.07 bits per heavy atom. The van der Waals surface area contributed by atoms with Gasteiger partial charge in [-0.2, -0.15) is 0 Å². The molecule has 29 heavy (non-hydrogen) atoms. The van der Waals surface area contributed by atoms with Crippen molar-refractivity contribution in [3.63, 3.8) is 0 Å². The Bertz CT molecular complexity index is 832.